The second-order valence-corrected chi connectivity index (χ2v) is 7.76. The summed E-state index contributed by atoms with van der Waals surface area (Å²) in [5.74, 6) is -0.119. The topological polar surface area (TPSA) is 109 Å². The van der Waals surface area contributed by atoms with E-state index in [9.17, 15) is 9.18 Å². The SMILES string of the molecule is Nc1nonc1-c1nc2cc(F)ccc2n1C1CCC2(C1)OC(=O)c1ccccc12. The highest BCUT2D eigenvalue weighted by molar-refractivity contribution is 5.94. The molecule has 1 spiro atoms. The van der Waals surface area contributed by atoms with Crippen LogP contribution in [0.3, 0.4) is 0 Å². The van der Waals surface area contributed by atoms with Crippen LogP contribution in [0.15, 0.2) is 47.1 Å². The van der Waals surface area contributed by atoms with Crippen LogP contribution in [0.2, 0.25) is 0 Å². The molecule has 30 heavy (non-hydrogen) atoms. The summed E-state index contributed by atoms with van der Waals surface area (Å²) in [6, 6.07) is 11.9. The van der Waals surface area contributed by atoms with Gasteiger partial charge in [-0.15, -0.1) is 0 Å². The first kappa shape index (κ1) is 17.1. The molecule has 1 aliphatic carbocycles. The van der Waals surface area contributed by atoms with Crippen LogP contribution in [0.1, 0.15) is 41.2 Å². The minimum Gasteiger partial charge on any atom is -0.450 e. The number of carbonyl (C=O) groups is 1. The molecule has 0 amide bonds. The van der Waals surface area contributed by atoms with E-state index >= 15 is 0 Å². The lowest BCUT2D eigenvalue weighted by molar-refractivity contribution is -0.00641. The minimum absolute atomic E-state index is 0.0643. The number of hydrogen-bond donors (Lipinski definition) is 1. The number of fused-ring (bicyclic) bond motifs is 3. The third kappa shape index (κ3) is 2.25. The van der Waals surface area contributed by atoms with Gasteiger partial charge in [0.25, 0.3) is 0 Å². The maximum atomic E-state index is 13.8. The Kier molecular flexibility index (Phi) is 3.36. The van der Waals surface area contributed by atoms with Crippen molar-refractivity contribution in [1.29, 1.82) is 0 Å². The Bertz CT molecular complexity index is 1330. The van der Waals surface area contributed by atoms with Crippen LogP contribution in [0, 0.1) is 5.82 Å². The predicted molar refractivity (Wildman–Crippen MR) is 104 cm³/mol. The third-order valence-electron chi connectivity index (χ3n) is 6.12. The Morgan fingerprint density at radius 3 is 2.90 bits per heavy atom. The summed E-state index contributed by atoms with van der Waals surface area (Å²) in [6.07, 6.45) is 1.98. The Labute approximate surface area is 169 Å². The van der Waals surface area contributed by atoms with Crippen molar-refractivity contribution in [3.8, 4) is 11.5 Å². The lowest BCUT2D eigenvalue weighted by atomic mass is 9.90. The highest BCUT2D eigenvalue weighted by Gasteiger charge is 2.51. The van der Waals surface area contributed by atoms with Gasteiger partial charge in [0.15, 0.2) is 17.3 Å². The molecule has 9 heteroatoms. The molecule has 2 atom stereocenters. The number of rotatable bonds is 2. The average molecular weight is 405 g/mol. The number of esters is 1. The summed E-state index contributed by atoms with van der Waals surface area (Å²) in [5, 5.41) is 7.55. The molecule has 1 fully saturated rings. The monoisotopic (exact) mass is 405 g/mol. The Morgan fingerprint density at radius 2 is 2.07 bits per heavy atom. The van der Waals surface area contributed by atoms with Crippen LogP contribution >= 0.6 is 0 Å². The number of imidazole rings is 1. The van der Waals surface area contributed by atoms with Crippen LogP contribution in [0.4, 0.5) is 10.2 Å². The molecule has 6 rings (SSSR count). The number of ether oxygens (including phenoxy) is 1. The quantitative estimate of drug-likeness (QED) is 0.508. The van der Waals surface area contributed by atoms with E-state index in [4.69, 9.17) is 15.1 Å². The molecule has 0 radical (unpaired) electrons. The number of carbonyl (C=O) groups excluding carboxylic acids is 1. The maximum Gasteiger partial charge on any atom is 0.339 e. The maximum absolute atomic E-state index is 13.8. The zero-order valence-electron chi connectivity index (χ0n) is 15.7. The van der Waals surface area contributed by atoms with E-state index in [-0.39, 0.29) is 23.6 Å². The van der Waals surface area contributed by atoms with Gasteiger partial charge < -0.3 is 15.0 Å². The largest absolute Gasteiger partial charge is 0.450 e. The fourth-order valence-corrected chi connectivity index (χ4v) is 4.85. The molecule has 1 saturated carbocycles. The van der Waals surface area contributed by atoms with Crippen LogP contribution in [-0.2, 0) is 10.3 Å². The molecule has 3 heterocycles. The number of halogens is 1. The first-order valence-corrected chi connectivity index (χ1v) is 9.64. The van der Waals surface area contributed by atoms with Gasteiger partial charge in [0, 0.05) is 24.1 Å². The van der Waals surface area contributed by atoms with Crippen LogP contribution < -0.4 is 5.73 Å². The zero-order chi connectivity index (χ0) is 20.5. The molecular formula is C21H16FN5O3. The number of nitrogens with zero attached hydrogens (tertiary/aromatic N) is 4. The van der Waals surface area contributed by atoms with E-state index in [1.165, 1.54) is 12.1 Å². The van der Waals surface area contributed by atoms with Crippen molar-refractivity contribution in [1.82, 2.24) is 19.9 Å². The van der Waals surface area contributed by atoms with Crippen molar-refractivity contribution in [2.24, 2.45) is 0 Å². The lowest BCUT2D eigenvalue weighted by Gasteiger charge is -2.24. The van der Waals surface area contributed by atoms with Gasteiger partial charge in [0.1, 0.15) is 11.4 Å². The molecule has 150 valence electrons. The fraction of sp³-hybridized carbons (Fsp3) is 0.238. The van der Waals surface area contributed by atoms with Crippen molar-refractivity contribution in [2.75, 3.05) is 5.73 Å². The Morgan fingerprint density at radius 1 is 1.20 bits per heavy atom. The van der Waals surface area contributed by atoms with Crippen LogP contribution in [-0.4, -0.2) is 25.8 Å². The summed E-state index contributed by atoms with van der Waals surface area (Å²) in [7, 11) is 0. The number of nitrogen functional groups attached to an aromatic ring is 1. The van der Waals surface area contributed by atoms with Gasteiger partial charge in [0.2, 0.25) is 0 Å². The highest BCUT2D eigenvalue weighted by atomic mass is 19.1. The smallest absolute Gasteiger partial charge is 0.339 e. The van der Waals surface area contributed by atoms with Gasteiger partial charge in [-0.25, -0.2) is 18.8 Å². The van der Waals surface area contributed by atoms with Crippen molar-refractivity contribution in [2.45, 2.75) is 30.9 Å². The number of nitrogens with two attached hydrogens (primary N) is 1. The number of anilines is 1. The van der Waals surface area contributed by atoms with Crippen LogP contribution in [0.5, 0.6) is 0 Å². The number of hydrogen-bond acceptors (Lipinski definition) is 7. The van der Waals surface area contributed by atoms with Gasteiger partial charge in [0.05, 0.1) is 16.6 Å². The van der Waals surface area contributed by atoms with E-state index in [1.807, 2.05) is 22.8 Å². The molecule has 4 aromatic rings. The first-order valence-electron chi connectivity index (χ1n) is 9.64. The summed E-state index contributed by atoms with van der Waals surface area (Å²) in [4.78, 5) is 17.0. The molecule has 2 unspecified atom stereocenters. The second kappa shape index (κ2) is 5.88. The number of aromatic nitrogens is 4. The van der Waals surface area contributed by atoms with E-state index in [1.54, 1.807) is 12.1 Å². The van der Waals surface area contributed by atoms with Crippen molar-refractivity contribution in [3.05, 3.63) is 59.4 Å². The Hall–Kier alpha value is -3.75. The van der Waals surface area contributed by atoms with E-state index < -0.39 is 5.60 Å². The van der Waals surface area contributed by atoms with Gasteiger partial charge in [-0.3, -0.25) is 0 Å². The van der Waals surface area contributed by atoms with Crippen molar-refractivity contribution in [3.63, 3.8) is 0 Å². The molecule has 8 nitrogen and oxygen atoms in total. The van der Waals surface area contributed by atoms with Gasteiger partial charge in [-0.05, 0) is 41.4 Å². The van der Waals surface area contributed by atoms with Crippen LogP contribution in [0.25, 0.3) is 22.6 Å². The number of benzene rings is 2. The predicted octanol–water partition coefficient (Wildman–Crippen LogP) is 3.60. The third-order valence-corrected chi connectivity index (χ3v) is 6.12. The molecule has 2 aromatic carbocycles. The normalized spacial score (nSPS) is 22.7. The second-order valence-electron chi connectivity index (χ2n) is 7.76. The average Bonchev–Trinajstić information content (AvgIpc) is 3.48. The molecule has 2 aromatic heterocycles. The van der Waals surface area contributed by atoms with Crippen molar-refractivity contribution >= 4 is 22.8 Å². The molecule has 1 aliphatic heterocycles. The molecule has 2 aliphatic rings. The molecule has 0 saturated heterocycles. The van der Waals surface area contributed by atoms with E-state index in [0.29, 0.717) is 35.4 Å². The van der Waals surface area contributed by atoms with Gasteiger partial charge >= 0.3 is 5.97 Å². The minimum atomic E-state index is -0.681. The first-order chi connectivity index (χ1) is 14.6. The standard InChI is InChI=1S/C21H16FN5O3/c22-11-5-6-16-15(9-11)24-19(17-18(23)26-30-25-17)27(16)12-7-8-21(10-12)14-4-2-1-3-13(14)20(28)29-21/h1-6,9,12H,7-8,10H2,(H2,23,26). The summed E-state index contributed by atoms with van der Waals surface area (Å²) in [5.41, 5.74) is 8.30. The van der Waals surface area contributed by atoms with Gasteiger partial charge in [-0.1, -0.05) is 18.2 Å². The lowest BCUT2D eigenvalue weighted by Crippen LogP contribution is -2.23. The zero-order valence-corrected chi connectivity index (χ0v) is 15.7. The Balaban J connectivity index is 1.50. The summed E-state index contributed by atoms with van der Waals surface area (Å²) < 4.78 is 26.5. The summed E-state index contributed by atoms with van der Waals surface area (Å²) in [6.45, 7) is 0. The van der Waals surface area contributed by atoms with E-state index in [2.05, 4.69) is 15.3 Å². The molecular weight excluding hydrogens is 389 g/mol. The van der Waals surface area contributed by atoms with E-state index in [0.717, 1.165) is 17.5 Å². The highest BCUT2D eigenvalue weighted by Crippen LogP contribution is 2.53. The molecule has 0 bridgehead atoms. The molecule has 2 N–H and O–H groups in total. The van der Waals surface area contributed by atoms with Crippen molar-refractivity contribution < 1.29 is 18.6 Å². The fourth-order valence-electron chi connectivity index (χ4n) is 4.85. The van der Waals surface area contributed by atoms with Gasteiger partial charge in [-0.2, -0.15) is 0 Å². The summed E-state index contributed by atoms with van der Waals surface area (Å²) >= 11 is 0.